The summed E-state index contributed by atoms with van der Waals surface area (Å²) >= 11 is 0. The Morgan fingerprint density at radius 1 is 0.723 bits per heavy atom. The summed E-state index contributed by atoms with van der Waals surface area (Å²) in [5.74, 6) is -0.274. The Labute approximate surface area is 382 Å². The summed E-state index contributed by atoms with van der Waals surface area (Å²) < 4.78 is 14.3. The Morgan fingerprint density at radius 2 is 1.26 bits per heavy atom. The van der Waals surface area contributed by atoms with Gasteiger partial charge in [-0.3, -0.25) is 9.59 Å². The molecule has 0 saturated heterocycles. The van der Waals surface area contributed by atoms with Crippen LogP contribution in [0.25, 0.3) is 0 Å². The van der Waals surface area contributed by atoms with Crippen LogP contribution < -0.4 is 9.47 Å². The van der Waals surface area contributed by atoms with Gasteiger partial charge in [-0.05, 0) is 111 Å². The summed E-state index contributed by atoms with van der Waals surface area (Å²) in [6.07, 6.45) is 5.21. The predicted octanol–water partition coefficient (Wildman–Crippen LogP) is 7.12. The molecule has 4 heterocycles. The highest BCUT2D eigenvalue weighted by atomic mass is 16.5. The number of aromatic hydroxyl groups is 2. The van der Waals surface area contributed by atoms with E-state index >= 15 is 0 Å². The lowest BCUT2D eigenvalue weighted by molar-refractivity contribution is -0.240. The van der Waals surface area contributed by atoms with Crippen LogP contribution in [-0.4, -0.2) is 100 Å². The van der Waals surface area contributed by atoms with Gasteiger partial charge >= 0.3 is 5.97 Å². The fourth-order valence-electron chi connectivity index (χ4n) is 16.2. The molecule has 8 aliphatic rings. The maximum absolute atomic E-state index is 14.1. The van der Waals surface area contributed by atoms with E-state index in [0.717, 1.165) is 37.7 Å². The molecule has 2 amide bonds. The number of carboxylic acid groups (broad SMARTS) is 1. The molecule has 0 bridgehead atoms. The van der Waals surface area contributed by atoms with E-state index in [0.29, 0.717) is 78.8 Å². The SMILES string of the molecule is CC1CCC2C(C)(C)C(O)CCC2(C)C12Cc1c(O)cc3c(c1O2)CN(C(CCCCN1Cc2c(cc(O)c4c2OC2(C4)C(C)CCC4C(C)(C)C(O)C(O)CC42C)C1=O)C(=O)O)C3=O. The van der Waals surface area contributed by atoms with Crippen LogP contribution in [0.4, 0.5) is 0 Å². The van der Waals surface area contributed by atoms with Crippen molar-refractivity contribution in [3.63, 3.8) is 0 Å². The topological polar surface area (TPSA) is 198 Å². The zero-order chi connectivity index (χ0) is 46.7. The second kappa shape index (κ2) is 14.5. The first kappa shape index (κ1) is 44.7. The molecule has 0 radical (unpaired) electrons. The van der Waals surface area contributed by atoms with Crippen LogP contribution in [0.2, 0.25) is 0 Å². The van der Waals surface area contributed by atoms with E-state index in [1.807, 2.05) is 13.8 Å². The Kier molecular flexibility index (Phi) is 9.96. The first-order valence-corrected chi connectivity index (χ1v) is 24.5. The molecule has 10 rings (SSSR count). The van der Waals surface area contributed by atoms with E-state index in [1.165, 1.54) is 11.0 Å². The summed E-state index contributed by atoms with van der Waals surface area (Å²) in [6.45, 7) is 17.8. The molecule has 4 aliphatic heterocycles. The minimum atomic E-state index is -1.14. The lowest BCUT2D eigenvalue weighted by Crippen LogP contribution is -2.69. The molecule has 6 N–H and O–H groups in total. The number of rotatable bonds is 7. The van der Waals surface area contributed by atoms with Gasteiger partial charge in [0.1, 0.15) is 40.2 Å². The summed E-state index contributed by atoms with van der Waals surface area (Å²) in [4.78, 5) is 44.1. The van der Waals surface area contributed by atoms with Crippen molar-refractivity contribution >= 4 is 17.8 Å². The van der Waals surface area contributed by atoms with Crippen molar-refractivity contribution in [2.75, 3.05) is 6.54 Å². The highest BCUT2D eigenvalue weighted by Crippen LogP contribution is 2.69. The van der Waals surface area contributed by atoms with Crippen LogP contribution in [0, 0.1) is 45.3 Å². The number of carboxylic acids is 1. The Balaban J connectivity index is 0.833. The second-order valence-corrected chi connectivity index (χ2v) is 23.6. The number of carbonyl (C=O) groups excluding carboxylic acids is 2. The zero-order valence-electron chi connectivity index (χ0n) is 39.5. The highest BCUT2D eigenvalue weighted by molar-refractivity contribution is 6.02. The van der Waals surface area contributed by atoms with Crippen LogP contribution in [0.15, 0.2) is 12.1 Å². The van der Waals surface area contributed by atoms with Crippen LogP contribution in [0.3, 0.4) is 0 Å². The molecular formula is C52H70N2O11. The fraction of sp³-hybridized carbons (Fsp3) is 0.712. The first-order chi connectivity index (χ1) is 30.4. The van der Waals surface area contributed by atoms with Gasteiger partial charge in [-0.15, -0.1) is 0 Å². The van der Waals surface area contributed by atoms with E-state index in [1.54, 1.807) is 11.0 Å². The Hall–Kier alpha value is -4.07. The molecule has 4 fully saturated rings. The van der Waals surface area contributed by atoms with Gasteiger partial charge in [-0.1, -0.05) is 55.4 Å². The van der Waals surface area contributed by atoms with Crippen molar-refractivity contribution in [1.29, 1.82) is 0 Å². The van der Waals surface area contributed by atoms with Crippen molar-refractivity contribution in [2.45, 2.75) is 181 Å². The summed E-state index contributed by atoms with van der Waals surface area (Å²) in [7, 11) is 0. The number of aliphatic hydroxyl groups is 3. The first-order valence-electron chi connectivity index (χ1n) is 24.5. The summed E-state index contributed by atoms with van der Waals surface area (Å²) in [5.41, 5.74) is 0.244. The molecule has 12 unspecified atom stereocenters. The number of aliphatic carboxylic acids is 1. The molecule has 4 saturated carbocycles. The molecule has 13 heteroatoms. The van der Waals surface area contributed by atoms with Gasteiger partial charge in [0.15, 0.2) is 0 Å². The lowest BCUT2D eigenvalue weighted by atomic mass is 9.43. The van der Waals surface area contributed by atoms with E-state index in [2.05, 4.69) is 41.5 Å². The minimum absolute atomic E-state index is 0.00949. The average Bonchev–Trinajstić information content (AvgIpc) is 4.01. The number of aliphatic hydroxyl groups excluding tert-OH is 3. The van der Waals surface area contributed by atoms with Crippen LogP contribution in [-0.2, 0) is 30.7 Å². The van der Waals surface area contributed by atoms with Gasteiger partial charge in [-0.2, -0.15) is 0 Å². The largest absolute Gasteiger partial charge is 0.508 e. The maximum Gasteiger partial charge on any atom is 0.326 e. The third kappa shape index (κ3) is 5.82. The van der Waals surface area contributed by atoms with E-state index in [9.17, 15) is 45.0 Å². The van der Waals surface area contributed by atoms with Crippen molar-refractivity contribution in [1.82, 2.24) is 9.80 Å². The van der Waals surface area contributed by atoms with Crippen molar-refractivity contribution < 1.29 is 54.5 Å². The standard InChI is InChI=1S/C52H70N2O11/c1-26-12-14-38-47(3,4)40(58)16-17-49(38,7)51(26)21-30-36(56)20-29-33(42(30)64-51)25-54(45(29)61)34(46(62)63)11-9-10-18-53-24-32-28(44(53)60)19-35(55)31-22-52(65-41(31)32)27(2)13-15-39-48(5,6)43(59)37(57)23-50(39,52)8/h19-20,26-27,34,37-40,43,55-59H,9-18,21-25H2,1-8H3,(H,62,63). The van der Waals surface area contributed by atoms with Gasteiger partial charge in [0.2, 0.25) is 0 Å². The summed E-state index contributed by atoms with van der Waals surface area (Å²) in [5, 5.41) is 67.0. The predicted molar refractivity (Wildman–Crippen MR) is 240 cm³/mol. The van der Waals surface area contributed by atoms with Gasteiger partial charge < -0.3 is 49.9 Å². The number of unbranched alkanes of at least 4 members (excludes halogenated alkanes) is 1. The number of benzene rings is 2. The van der Waals surface area contributed by atoms with Crippen LogP contribution in [0.1, 0.15) is 163 Å². The smallest absolute Gasteiger partial charge is 0.326 e. The highest BCUT2D eigenvalue weighted by Gasteiger charge is 2.70. The van der Waals surface area contributed by atoms with Gasteiger partial charge in [0.25, 0.3) is 11.8 Å². The molecule has 354 valence electrons. The number of phenolic OH excluding ortho intramolecular Hbond substituents is 2. The molecule has 2 spiro atoms. The number of amides is 2. The summed E-state index contributed by atoms with van der Waals surface area (Å²) in [6, 6.07) is 1.91. The minimum Gasteiger partial charge on any atom is -0.508 e. The molecule has 0 aromatic heterocycles. The molecule has 13 nitrogen and oxygen atoms in total. The maximum atomic E-state index is 14.1. The number of hydrogen-bond donors (Lipinski definition) is 6. The molecule has 4 aliphatic carbocycles. The normalized spacial score (nSPS) is 38.7. The monoisotopic (exact) mass is 898 g/mol. The second-order valence-electron chi connectivity index (χ2n) is 23.6. The van der Waals surface area contributed by atoms with E-state index in [4.69, 9.17) is 9.47 Å². The molecule has 12 atom stereocenters. The van der Waals surface area contributed by atoms with E-state index in [-0.39, 0.29) is 77.0 Å². The number of ether oxygens (including phenoxy) is 2. The lowest BCUT2D eigenvalue weighted by Gasteiger charge is -2.64. The van der Waals surface area contributed by atoms with Crippen LogP contribution >= 0.6 is 0 Å². The van der Waals surface area contributed by atoms with Crippen molar-refractivity contribution in [3.8, 4) is 23.0 Å². The van der Waals surface area contributed by atoms with Crippen LogP contribution in [0.5, 0.6) is 23.0 Å². The van der Waals surface area contributed by atoms with Gasteiger partial charge in [0, 0.05) is 52.5 Å². The average molecular weight is 899 g/mol. The Morgan fingerprint density at radius 3 is 1.85 bits per heavy atom. The third-order valence-electron chi connectivity index (χ3n) is 20.1. The third-order valence-corrected chi connectivity index (χ3v) is 20.1. The van der Waals surface area contributed by atoms with Gasteiger partial charge in [0.05, 0.1) is 42.5 Å². The zero-order valence-corrected chi connectivity index (χ0v) is 39.5. The molecule has 65 heavy (non-hydrogen) atoms. The van der Waals surface area contributed by atoms with Crippen molar-refractivity contribution in [3.05, 3.63) is 45.5 Å². The molecule has 2 aromatic rings. The molecular weight excluding hydrogens is 829 g/mol. The fourth-order valence-corrected chi connectivity index (χ4v) is 16.2. The number of fused-ring (bicyclic) bond motifs is 10. The number of phenols is 2. The number of hydrogen-bond acceptors (Lipinski definition) is 10. The molecule has 2 aromatic carbocycles. The van der Waals surface area contributed by atoms with Gasteiger partial charge in [-0.25, -0.2) is 4.79 Å². The van der Waals surface area contributed by atoms with Crippen molar-refractivity contribution in [2.24, 2.45) is 45.3 Å². The Bertz CT molecular complexity index is 2380. The quantitative estimate of drug-likeness (QED) is 0.155. The van der Waals surface area contributed by atoms with E-state index < -0.39 is 58.3 Å². The number of nitrogens with zero attached hydrogens (tertiary/aromatic N) is 2. The number of carbonyl (C=O) groups is 3.